The Kier molecular flexibility index (Phi) is 7.84. The number of nitriles is 1. The average molecular weight is 546 g/mol. The van der Waals surface area contributed by atoms with Crippen molar-refractivity contribution in [2.24, 2.45) is 5.92 Å². The Bertz CT molecular complexity index is 1520. The molecule has 1 aliphatic carbocycles. The molecule has 0 spiro atoms. The zero-order valence-electron chi connectivity index (χ0n) is 23.2. The summed E-state index contributed by atoms with van der Waals surface area (Å²) in [7, 11) is 0. The number of nitrogens with zero attached hydrogens (tertiary/aromatic N) is 4. The molecule has 1 aromatic heterocycles. The van der Waals surface area contributed by atoms with Crippen molar-refractivity contribution in [3.63, 3.8) is 0 Å². The number of carbonyl (C=O) groups excluding carboxylic acids is 1. The number of aromatic nitrogens is 2. The molecule has 0 bridgehead atoms. The van der Waals surface area contributed by atoms with E-state index in [0.717, 1.165) is 80.2 Å². The Labute approximate surface area is 241 Å². The van der Waals surface area contributed by atoms with Crippen LogP contribution in [0.5, 0.6) is 11.5 Å². The number of hydrogen-bond donors (Lipinski definition) is 1. The van der Waals surface area contributed by atoms with E-state index in [-0.39, 0.29) is 11.8 Å². The summed E-state index contributed by atoms with van der Waals surface area (Å²) in [5, 5.41) is 12.5. The highest BCUT2D eigenvalue weighted by molar-refractivity contribution is 5.89. The Morgan fingerprint density at radius 3 is 2.59 bits per heavy atom. The van der Waals surface area contributed by atoms with Gasteiger partial charge in [-0.15, -0.1) is 0 Å². The lowest BCUT2D eigenvalue weighted by Gasteiger charge is -2.41. The third-order valence-electron chi connectivity index (χ3n) is 8.62. The number of hydrogen-bond acceptors (Lipinski definition) is 5. The second-order valence-electron chi connectivity index (χ2n) is 11.1. The van der Waals surface area contributed by atoms with Crippen LogP contribution in [0.2, 0.25) is 0 Å². The van der Waals surface area contributed by atoms with Gasteiger partial charge in [-0.3, -0.25) is 4.79 Å². The van der Waals surface area contributed by atoms with E-state index in [4.69, 9.17) is 10.00 Å². The summed E-state index contributed by atoms with van der Waals surface area (Å²) in [6.45, 7) is 3.77. The zero-order chi connectivity index (χ0) is 28.1. The Hall–Kier alpha value is -4.41. The molecule has 1 aliphatic heterocycles. The first kappa shape index (κ1) is 26.8. The standard InChI is InChI=1S/C34H35N5O2/c35-22-26-11-13-27(14-12-26)24-39-25-37-23-30(39)20-28-7-5-15-34(28,33(40)38-18-16-36-17-19-38)29-6-4-10-32(21-29)41-31-8-2-1-3-9-31/h1-4,6,8-14,21,23,25,28,36H,5,7,15-20,24H2. The minimum Gasteiger partial charge on any atom is -0.457 e. The Balaban J connectivity index is 1.33. The molecule has 1 saturated carbocycles. The molecule has 2 unspecified atom stereocenters. The minimum absolute atomic E-state index is 0.133. The van der Waals surface area contributed by atoms with Gasteiger partial charge in [0, 0.05) is 44.6 Å². The first-order valence-corrected chi connectivity index (χ1v) is 14.5. The SMILES string of the molecule is N#Cc1ccc(Cn2cncc2CC2CCCC2(C(=O)N2CCNCC2)c2cccc(Oc3ccccc3)c2)cc1. The number of ether oxygens (including phenoxy) is 1. The van der Waals surface area contributed by atoms with E-state index in [2.05, 4.69) is 38.0 Å². The second-order valence-corrected chi connectivity index (χ2v) is 11.1. The van der Waals surface area contributed by atoms with E-state index in [0.29, 0.717) is 12.1 Å². The number of piperazine rings is 1. The van der Waals surface area contributed by atoms with Gasteiger partial charge >= 0.3 is 0 Å². The van der Waals surface area contributed by atoms with Crippen molar-refractivity contribution in [2.45, 2.75) is 37.6 Å². The van der Waals surface area contributed by atoms with Gasteiger partial charge < -0.3 is 19.5 Å². The Morgan fingerprint density at radius 2 is 1.80 bits per heavy atom. The predicted octanol–water partition coefficient (Wildman–Crippen LogP) is 5.31. The predicted molar refractivity (Wildman–Crippen MR) is 158 cm³/mol. The molecule has 2 heterocycles. The normalized spacial score (nSPS) is 20.5. The topological polar surface area (TPSA) is 83.2 Å². The van der Waals surface area contributed by atoms with Gasteiger partial charge in [-0.05, 0) is 72.7 Å². The van der Waals surface area contributed by atoms with Crippen LogP contribution in [-0.4, -0.2) is 46.5 Å². The van der Waals surface area contributed by atoms with Crippen LogP contribution in [0.4, 0.5) is 0 Å². The van der Waals surface area contributed by atoms with Gasteiger partial charge in [-0.25, -0.2) is 4.98 Å². The Morgan fingerprint density at radius 1 is 1.02 bits per heavy atom. The van der Waals surface area contributed by atoms with Gasteiger partial charge in [-0.2, -0.15) is 5.26 Å². The highest BCUT2D eigenvalue weighted by Gasteiger charge is 2.52. The second kappa shape index (κ2) is 12.0. The molecule has 3 aromatic carbocycles. The highest BCUT2D eigenvalue weighted by Crippen LogP contribution is 2.49. The largest absolute Gasteiger partial charge is 0.457 e. The summed E-state index contributed by atoms with van der Waals surface area (Å²) in [6, 6.07) is 27.8. The molecule has 2 atom stereocenters. The number of benzene rings is 3. The monoisotopic (exact) mass is 545 g/mol. The third kappa shape index (κ3) is 5.61. The van der Waals surface area contributed by atoms with E-state index >= 15 is 0 Å². The van der Waals surface area contributed by atoms with E-state index in [1.54, 1.807) is 0 Å². The number of para-hydroxylation sites is 1. The minimum atomic E-state index is -0.628. The summed E-state index contributed by atoms with van der Waals surface area (Å²) < 4.78 is 8.40. The molecular formula is C34H35N5O2. The maximum atomic E-state index is 14.6. The van der Waals surface area contributed by atoms with Crippen LogP contribution in [0.3, 0.4) is 0 Å². The fourth-order valence-corrected chi connectivity index (χ4v) is 6.55. The molecule has 2 aliphatic rings. The van der Waals surface area contributed by atoms with Crippen LogP contribution in [0.25, 0.3) is 0 Å². The summed E-state index contributed by atoms with van der Waals surface area (Å²) in [5.74, 6) is 1.89. The average Bonchev–Trinajstić information content (AvgIpc) is 3.66. The lowest BCUT2D eigenvalue weighted by atomic mass is 9.69. The number of amides is 1. The number of rotatable bonds is 8. The van der Waals surface area contributed by atoms with Crippen LogP contribution >= 0.6 is 0 Å². The van der Waals surface area contributed by atoms with Crippen LogP contribution in [0.15, 0.2) is 91.4 Å². The molecule has 6 rings (SSSR count). The van der Waals surface area contributed by atoms with Crippen molar-refractivity contribution >= 4 is 5.91 Å². The smallest absolute Gasteiger partial charge is 0.233 e. The molecular weight excluding hydrogens is 510 g/mol. The molecule has 208 valence electrons. The molecule has 7 heteroatoms. The van der Waals surface area contributed by atoms with Crippen molar-refractivity contribution in [3.8, 4) is 17.6 Å². The highest BCUT2D eigenvalue weighted by atomic mass is 16.5. The molecule has 7 nitrogen and oxygen atoms in total. The van der Waals surface area contributed by atoms with Gasteiger partial charge in [-0.1, -0.05) is 48.9 Å². The molecule has 2 fully saturated rings. The van der Waals surface area contributed by atoms with E-state index in [9.17, 15) is 4.79 Å². The number of nitrogens with one attached hydrogen (secondary N) is 1. The third-order valence-corrected chi connectivity index (χ3v) is 8.62. The van der Waals surface area contributed by atoms with Crippen LogP contribution < -0.4 is 10.1 Å². The van der Waals surface area contributed by atoms with Crippen molar-refractivity contribution in [1.29, 1.82) is 5.26 Å². The number of imidazole rings is 1. The van der Waals surface area contributed by atoms with E-state index in [1.807, 2.05) is 79.3 Å². The van der Waals surface area contributed by atoms with Crippen molar-refractivity contribution < 1.29 is 9.53 Å². The summed E-state index contributed by atoms with van der Waals surface area (Å²) in [5.41, 5.74) is 3.30. The van der Waals surface area contributed by atoms with E-state index < -0.39 is 5.41 Å². The fourth-order valence-electron chi connectivity index (χ4n) is 6.55. The van der Waals surface area contributed by atoms with Crippen LogP contribution in [0, 0.1) is 17.2 Å². The molecule has 1 N–H and O–H groups in total. The van der Waals surface area contributed by atoms with Gasteiger partial charge in [0.1, 0.15) is 11.5 Å². The lowest BCUT2D eigenvalue weighted by Crippen LogP contribution is -2.55. The molecule has 41 heavy (non-hydrogen) atoms. The van der Waals surface area contributed by atoms with Crippen molar-refractivity contribution in [1.82, 2.24) is 19.8 Å². The summed E-state index contributed by atoms with van der Waals surface area (Å²) in [6.07, 6.45) is 7.37. The first-order chi connectivity index (χ1) is 20.2. The molecule has 4 aromatic rings. The quantitative estimate of drug-likeness (QED) is 0.325. The molecule has 0 radical (unpaired) electrons. The first-order valence-electron chi connectivity index (χ1n) is 14.5. The maximum Gasteiger partial charge on any atom is 0.233 e. The number of carbonyl (C=O) groups is 1. The maximum absolute atomic E-state index is 14.6. The zero-order valence-corrected chi connectivity index (χ0v) is 23.2. The van der Waals surface area contributed by atoms with E-state index in [1.165, 1.54) is 0 Å². The van der Waals surface area contributed by atoms with Crippen LogP contribution in [-0.2, 0) is 23.2 Å². The summed E-state index contributed by atoms with van der Waals surface area (Å²) in [4.78, 5) is 21.1. The molecule has 1 saturated heterocycles. The van der Waals surface area contributed by atoms with Crippen molar-refractivity contribution in [3.05, 3.63) is 114 Å². The van der Waals surface area contributed by atoms with Gasteiger partial charge in [0.2, 0.25) is 5.91 Å². The lowest BCUT2D eigenvalue weighted by molar-refractivity contribution is -0.139. The van der Waals surface area contributed by atoms with Crippen LogP contribution in [0.1, 0.15) is 41.6 Å². The fraction of sp³-hybridized carbons (Fsp3) is 0.324. The van der Waals surface area contributed by atoms with Crippen molar-refractivity contribution in [2.75, 3.05) is 26.2 Å². The van der Waals surface area contributed by atoms with Gasteiger partial charge in [0.15, 0.2) is 0 Å². The molecule has 1 amide bonds. The van der Waals surface area contributed by atoms with Gasteiger partial charge in [0.05, 0.1) is 23.4 Å². The summed E-state index contributed by atoms with van der Waals surface area (Å²) >= 11 is 0. The van der Waals surface area contributed by atoms with Gasteiger partial charge in [0.25, 0.3) is 0 Å².